The van der Waals surface area contributed by atoms with Crippen molar-refractivity contribution in [3.63, 3.8) is 0 Å². The van der Waals surface area contributed by atoms with Gasteiger partial charge in [0.15, 0.2) is 0 Å². The fourth-order valence-electron chi connectivity index (χ4n) is 12.6. The highest BCUT2D eigenvalue weighted by Gasteiger charge is 2.18. The first-order valence-electron chi connectivity index (χ1n) is 39.0. The Kier molecular flexibility index (Phi) is 72.8. The molecular formula is C78H153NO5. The predicted octanol–water partition coefficient (Wildman–Crippen LogP) is 25.5. The van der Waals surface area contributed by atoms with E-state index in [0.29, 0.717) is 19.4 Å². The summed E-state index contributed by atoms with van der Waals surface area (Å²) in [5, 5.41) is 23.3. The molecule has 2 atom stereocenters. The van der Waals surface area contributed by atoms with Crippen molar-refractivity contribution in [1.29, 1.82) is 0 Å². The number of aliphatic hydroxyl groups is 2. The second-order valence-corrected chi connectivity index (χ2v) is 27.1. The van der Waals surface area contributed by atoms with Crippen LogP contribution in [-0.2, 0) is 14.3 Å². The third-order valence-electron chi connectivity index (χ3n) is 18.6. The smallest absolute Gasteiger partial charge is 0.305 e. The minimum Gasteiger partial charge on any atom is -0.466 e. The average Bonchev–Trinajstić information content (AvgIpc) is 3.51. The first-order chi connectivity index (χ1) is 41.5. The Bertz CT molecular complexity index is 1270. The second-order valence-electron chi connectivity index (χ2n) is 27.1. The Morgan fingerprint density at radius 2 is 0.548 bits per heavy atom. The van der Waals surface area contributed by atoms with Gasteiger partial charge in [-0.1, -0.05) is 418 Å². The van der Waals surface area contributed by atoms with Crippen LogP contribution in [-0.4, -0.2) is 47.4 Å². The third-order valence-corrected chi connectivity index (χ3v) is 18.6. The largest absolute Gasteiger partial charge is 0.466 e. The van der Waals surface area contributed by atoms with Crippen LogP contribution >= 0.6 is 0 Å². The lowest BCUT2D eigenvalue weighted by molar-refractivity contribution is -0.143. The fraction of sp³-hybridized carbons (Fsp3) is 0.949. The molecule has 0 saturated carbocycles. The number of allylic oxidation sites excluding steroid dienone is 1. The van der Waals surface area contributed by atoms with E-state index in [9.17, 15) is 19.8 Å². The van der Waals surface area contributed by atoms with Gasteiger partial charge in [0, 0.05) is 12.8 Å². The molecule has 0 aliphatic rings. The van der Waals surface area contributed by atoms with Crippen LogP contribution in [0, 0.1) is 0 Å². The van der Waals surface area contributed by atoms with Gasteiger partial charge in [0.2, 0.25) is 5.91 Å². The van der Waals surface area contributed by atoms with Crippen LogP contribution in [0.1, 0.15) is 450 Å². The number of carbonyl (C=O) groups is 2. The van der Waals surface area contributed by atoms with E-state index in [-0.39, 0.29) is 18.5 Å². The second kappa shape index (κ2) is 74.1. The molecule has 0 aromatic rings. The van der Waals surface area contributed by atoms with Gasteiger partial charge in [0.05, 0.1) is 25.4 Å². The molecule has 0 aromatic heterocycles. The fourth-order valence-corrected chi connectivity index (χ4v) is 12.6. The summed E-state index contributed by atoms with van der Waals surface area (Å²) in [5.74, 6) is -0.0354. The first kappa shape index (κ1) is 82.6. The number of aliphatic hydroxyl groups excluding tert-OH is 2. The standard InChI is InChI=1S/C78H153NO5/c1-3-5-7-9-11-13-15-17-19-21-23-32-35-38-42-46-50-54-58-62-66-70-76(81)75(74-80)79-77(82)71-67-63-59-55-51-47-43-39-36-33-30-28-26-24-25-27-29-31-34-37-41-45-49-53-57-61-65-69-73-84-78(83)72-68-64-60-56-52-48-44-40-22-20-18-16-14-12-10-8-6-4-2/h66,70,75-76,80-81H,3-65,67-69,71-74H2,1-2H3,(H,79,82)/b70-66+. The molecule has 0 spiro atoms. The molecule has 0 aliphatic carbocycles. The number of hydrogen-bond acceptors (Lipinski definition) is 5. The SMILES string of the molecule is CCCCCCCCCCCCCCCCCCCCC/C=C/C(O)C(CO)NC(=O)CCCCCCCCCCCCCCCCCCCCCCCCCCCCCCOC(=O)CCCCCCCCCCCCCCCCCCCC. The molecule has 1 amide bonds. The van der Waals surface area contributed by atoms with E-state index in [1.165, 1.54) is 385 Å². The van der Waals surface area contributed by atoms with Crippen LogP contribution in [0.5, 0.6) is 0 Å². The van der Waals surface area contributed by atoms with Gasteiger partial charge in [-0.2, -0.15) is 0 Å². The zero-order chi connectivity index (χ0) is 60.6. The molecule has 0 rings (SSSR count). The number of amides is 1. The minimum absolute atomic E-state index is 0.0242. The molecule has 6 nitrogen and oxygen atoms in total. The van der Waals surface area contributed by atoms with Crippen LogP contribution in [0.15, 0.2) is 12.2 Å². The predicted molar refractivity (Wildman–Crippen MR) is 370 cm³/mol. The van der Waals surface area contributed by atoms with Crippen LogP contribution in [0.25, 0.3) is 0 Å². The highest BCUT2D eigenvalue weighted by atomic mass is 16.5. The van der Waals surface area contributed by atoms with Crippen molar-refractivity contribution < 1.29 is 24.5 Å². The van der Waals surface area contributed by atoms with Crippen LogP contribution in [0.3, 0.4) is 0 Å². The number of carbonyl (C=O) groups excluding carboxylic acids is 2. The third kappa shape index (κ3) is 69.7. The highest BCUT2D eigenvalue weighted by molar-refractivity contribution is 5.76. The summed E-state index contributed by atoms with van der Waals surface area (Å²) < 4.78 is 5.52. The molecule has 0 saturated heterocycles. The van der Waals surface area contributed by atoms with E-state index >= 15 is 0 Å². The number of hydrogen-bond donors (Lipinski definition) is 3. The maximum Gasteiger partial charge on any atom is 0.305 e. The van der Waals surface area contributed by atoms with Crippen molar-refractivity contribution in [2.45, 2.75) is 463 Å². The lowest BCUT2D eigenvalue weighted by Gasteiger charge is -2.20. The lowest BCUT2D eigenvalue weighted by Crippen LogP contribution is -2.45. The first-order valence-corrected chi connectivity index (χ1v) is 39.0. The zero-order valence-electron chi connectivity index (χ0n) is 57.4. The van der Waals surface area contributed by atoms with E-state index in [2.05, 4.69) is 19.2 Å². The molecule has 500 valence electrons. The molecule has 0 radical (unpaired) electrons. The van der Waals surface area contributed by atoms with Crippen molar-refractivity contribution >= 4 is 11.9 Å². The van der Waals surface area contributed by atoms with Crippen LogP contribution in [0.4, 0.5) is 0 Å². The van der Waals surface area contributed by atoms with Crippen LogP contribution in [0.2, 0.25) is 0 Å². The van der Waals surface area contributed by atoms with Gasteiger partial charge in [-0.05, 0) is 32.1 Å². The molecule has 0 aromatic carbocycles. The Morgan fingerprint density at radius 1 is 0.321 bits per heavy atom. The maximum absolute atomic E-state index is 12.5. The quantitative estimate of drug-likeness (QED) is 0.0320. The number of nitrogens with one attached hydrogen (secondary N) is 1. The summed E-state index contributed by atoms with van der Waals surface area (Å²) in [6, 6.07) is -0.626. The van der Waals surface area contributed by atoms with Crippen molar-refractivity contribution in [2.24, 2.45) is 0 Å². The molecule has 0 bridgehead atoms. The summed E-state index contributed by atoms with van der Waals surface area (Å²) in [7, 11) is 0. The Morgan fingerprint density at radius 3 is 0.810 bits per heavy atom. The van der Waals surface area contributed by atoms with Crippen molar-refractivity contribution in [2.75, 3.05) is 13.2 Å². The molecular weight excluding hydrogens is 1030 g/mol. The number of ether oxygens (including phenoxy) is 1. The van der Waals surface area contributed by atoms with Gasteiger partial charge in [-0.3, -0.25) is 9.59 Å². The summed E-state index contributed by atoms with van der Waals surface area (Å²) in [4.78, 5) is 24.7. The van der Waals surface area contributed by atoms with E-state index in [1.807, 2.05) is 6.08 Å². The van der Waals surface area contributed by atoms with Crippen molar-refractivity contribution in [3.05, 3.63) is 12.2 Å². The Hall–Kier alpha value is -1.40. The van der Waals surface area contributed by atoms with Gasteiger partial charge in [0.25, 0.3) is 0 Å². The van der Waals surface area contributed by atoms with Gasteiger partial charge in [0.1, 0.15) is 0 Å². The monoisotopic (exact) mass is 1180 g/mol. The van der Waals surface area contributed by atoms with E-state index in [1.54, 1.807) is 6.08 Å². The number of unbranched alkanes of at least 4 members (excludes halogenated alkanes) is 63. The normalized spacial score (nSPS) is 12.5. The molecule has 0 aliphatic heterocycles. The molecule has 84 heavy (non-hydrogen) atoms. The van der Waals surface area contributed by atoms with Gasteiger partial charge >= 0.3 is 5.97 Å². The Labute approximate surface area is 527 Å². The van der Waals surface area contributed by atoms with Crippen molar-refractivity contribution in [3.8, 4) is 0 Å². The van der Waals surface area contributed by atoms with E-state index < -0.39 is 12.1 Å². The number of rotatable bonds is 74. The van der Waals surface area contributed by atoms with Gasteiger partial charge in [-0.25, -0.2) is 0 Å². The summed E-state index contributed by atoms with van der Waals surface area (Å²) in [6.45, 7) is 4.97. The highest BCUT2D eigenvalue weighted by Crippen LogP contribution is 2.20. The number of esters is 1. The van der Waals surface area contributed by atoms with E-state index in [4.69, 9.17) is 4.74 Å². The maximum atomic E-state index is 12.5. The topological polar surface area (TPSA) is 95.9 Å². The molecule has 0 fully saturated rings. The van der Waals surface area contributed by atoms with Gasteiger partial charge < -0.3 is 20.3 Å². The van der Waals surface area contributed by atoms with Crippen LogP contribution < -0.4 is 5.32 Å². The zero-order valence-corrected chi connectivity index (χ0v) is 57.4. The summed E-state index contributed by atoms with van der Waals surface area (Å²) in [6.07, 6.45) is 93.2. The van der Waals surface area contributed by atoms with Gasteiger partial charge in [-0.15, -0.1) is 0 Å². The molecule has 3 N–H and O–H groups in total. The lowest BCUT2D eigenvalue weighted by atomic mass is 10.0. The van der Waals surface area contributed by atoms with Crippen molar-refractivity contribution in [1.82, 2.24) is 5.32 Å². The summed E-state index contributed by atoms with van der Waals surface area (Å²) >= 11 is 0. The molecule has 2 unspecified atom stereocenters. The Balaban J connectivity index is 3.35. The molecule has 0 heterocycles. The molecule has 6 heteroatoms. The van der Waals surface area contributed by atoms with E-state index in [0.717, 1.165) is 38.5 Å². The summed E-state index contributed by atoms with van der Waals surface area (Å²) in [5.41, 5.74) is 0. The average molecular weight is 1190 g/mol. The minimum atomic E-state index is -0.843.